The Morgan fingerprint density at radius 1 is 0.812 bits per heavy atom. The fourth-order valence-corrected chi connectivity index (χ4v) is 1.39. The van der Waals surface area contributed by atoms with Gasteiger partial charge in [-0.2, -0.15) is 0 Å². The van der Waals surface area contributed by atoms with Gasteiger partial charge < -0.3 is 4.57 Å². The largest absolute Gasteiger partial charge is 0.324 e. The van der Waals surface area contributed by atoms with Gasteiger partial charge in [-0.05, 0) is 25.2 Å². The van der Waals surface area contributed by atoms with Crippen molar-refractivity contribution in [2.45, 2.75) is 72.9 Å². The first kappa shape index (κ1) is 18.6. The Morgan fingerprint density at radius 3 is 1.12 bits per heavy atom. The summed E-state index contributed by atoms with van der Waals surface area (Å²) in [6.45, 7) is 19.0. The van der Waals surface area contributed by atoms with Crippen LogP contribution < -0.4 is 0 Å². The van der Waals surface area contributed by atoms with Crippen molar-refractivity contribution in [2.75, 3.05) is 13.3 Å². The Labute approximate surface area is 104 Å². The van der Waals surface area contributed by atoms with Gasteiger partial charge in [-0.15, -0.1) is 0 Å². The van der Waals surface area contributed by atoms with Crippen LogP contribution in [0.4, 0.5) is 0 Å². The van der Waals surface area contributed by atoms with Crippen LogP contribution in [-0.4, -0.2) is 18.5 Å². The summed E-state index contributed by atoms with van der Waals surface area (Å²) < 4.78 is 11.5. The first-order chi connectivity index (χ1) is 6.93. The van der Waals surface area contributed by atoms with E-state index in [1.807, 2.05) is 13.3 Å². The van der Waals surface area contributed by atoms with Crippen molar-refractivity contribution in [3.8, 4) is 0 Å². The van der Waals surface area contributed by atoms with E-state index in [9.17, 15) is 4.57 Å². The summed E-state index contributed by atoms with van der Waals surface area (Å²) in [6.07, 6.45) is 3.59. The predicted octanol–water partition coefficient (Wildman–Crippen LogP) is 5.63. The van der Waals surface area contributed by atoms with Crippen molar-refractivity contribution in [3.05, 3.63) is 0 Å². The average Bonchev–Trinajstić information content (AvgIpc) is 2.17. The Balaban J connectivity index is 0. The van der Waals surface area contributed by atoms with E-state index in [0.29, 0.717) is 5.41 Å². The third-order valence-corrected chi connectivity index (χ3v) is 7.47. The van der Waals surface area contributed by atoms with E-state index in [1.54, 1.807) is 0 Å². The molecule has 0 aliphatic rings. The van der Waals surface area contributed by atoms with Crippen molar-refractivity contribution in [3.63, 3.8) is 0 Å². The van der Waals surface area contributed by atoms with E-state index in [4.69, 9.17) is 0 Å². The molecule has 0 unspecified atom stereocenters. The molecule has 0 spiro atoms. The number of rotatable bonds is 4. The minimum atomic E-state index is -1.87. The van der Waals surface area contributed by atoms with Crippen molar-refractivity contribution in [1.29, 1.82) is 0 Å². The second-order valence-corrected chi connectivity index (χ2v) is 10.3. The van der Waals surface area contributed by atoms with E-state index < -0.39 is 7.14 Å². The molecule has 0 aliphatic heterocycles. The van der Waals surface area contributed by atoms with E-state index in [-0.39, 0.29) is 5.16 Å². The smallest absolute Gasteiger partial charge is 0.0871 e. The van der Waals surface area contributed by atoms with Gasteiger partial charge in [-0.3, -0.25) is 0 Å². The summed E-state index contributed by atoms with van der Waals surface area (Å²) in [6, 6.07) is 0. The third kappa shape index (κ3) is 7.49. The SMILES string of the molecule is CCC(C)(C)CC.CCC(C)(C)P(C)(C)=O. The maximum absolute atomic E-state index is 11.5. The highest BCUT2D eigenvalue weighted by Crippen LogP contribution is 2.52. The zero-order valence-electron chi connectivity index (χ0n) is 13.0. The molecule has 0 N–H and O–H groups in total. The molecule has 0 saturated carbocycles. The Hall–Kier alpha value is 0.230. The van der Waals surface area contributed by atoms with Crippen LogP contribution in [-0.2, 0) is 4.57 Å². The van der Waals surface area contributed by atoms with Crippen molar-refractivity contribution < 1.29 is 4.57 Å². The second-order valence-electron chi connectivity index (χ2n) is 6.39. The van der Waals surface area contributed by atoms with E-state index in [1.165, 1.54) is 12.8 Å². The molecular weight excluding hydrogens is 215 g/mol. The fraction of sp³-hybridized carbons (Fsp3) is 1.00. The molecule has 0 aromatic heterocycles. The molecule has 0 rings (SSSR count). The molecule has 0 bridgehead atoms. The van der Waals surface area contributed by atoms with E-state index in [0.717, 1.165) is 6.42 Å². The van der Waals surface area contributed by atoms with Gasteiger partial charge >= 0.3 is 0 Å². The lowest BCUT2D eigenvalue weighted by Gasteiger charge is -2.27. The Kier molecular flexibility index (Phi) is 7.95. The topological polar surface area (TPSA) is 17.1 Å². The molecule has 0 heterocycles. The molecule has 0 radical (unpaired) electrons. The highest BCUT2D eigenvalue weighted by molar-refractivity contribution is 7.63. The highest BCUT2D eigenvalue weighted by Gasteiger charge is 2.29. The molecule has 16 heavy (non-hydrogen) atoms. The summed E-state index contributed by atoms with van der Waals surface area (Å²) in [5, 5.41) is 0.0347. The number of hydrogen-bond donors (Lipinski definition) is 0. The van der Waals surface area contributed by atoms with Crippen LogP contribution in [0.15, 0.2) is 0 Å². The van der Waals surface area contributed by atoms with E-state index >= 15 is 0 Å². The van der Waals surface area contributed by atoms with E-state index in [2.05, 4.69) is 48.5 Å². The minimum Gasteiger partial charge on any atom is -0.324 e. The average molecular weight is 248 g/mol. The fourth-order valence-electron chi connectivity index (χ4n) is 0.631. The molecule has 0 aliphatic carbocycles. The standard InChI is InChI=1S/C7H17OP.C7H16/c1-6-7(2,3)9(4,5)8;1-5-7(3,4)6-2/h6H2,1-5H3;5-6H2,1-4H3. The third-order valence-electron chi connectivity index (χ3n) is 4.24. The molecule has 0 atom stereocenters. The van der Waals surface area contributed by atoms with Crippen LogP contribution in [0, 0.1) is 5.41 Å². The normalized spacial score (nSPS) is 13.1. The number of hydrogen-bond acceptors (Lipinski definition) is 1. The van der Waals surface area contributed by atoms with Crippen LogP contribution in [0.2, 0.25) is 0 Å². The quantitative estimate of drug-likeness (QED) is 0.589. The molecule has 0 aromatic rings. The van der Waals surface area contributed by atoms with Crippen LogP contribution in [0.3, 0.4) is 0 Å². The van der Waals surface area contributed by atoms with Crippen LogP contribution in [0.5, 0.6) is 0 Å². The molecule has 0 amide bonds. The lowest BCUT2D eigenvalue weighted by molar-refractivity contribution is 0.338. The maximum atomic E-state index is 11.5. The van der Waals surface area contributed by atoms with Gasteiger partial charge in [-0.1, -0.05) is 61.3 Å². The van der Waals surface area contributed by atoms with Gasteiger partial charge in [0.25, 0.3) is 0 Å². The maximum Gasteiger partial charge on any atom is 0.0871 e. The minimum absolute atomic E-state index is 0.0347. The molecule has 0 aromatic carbocycles. The van der Waals surface area contributed by atoms with Gasteiger partial charge in [0.1, 0.15) is 0 Å². The summed E-state index contributed by atoms with van der Waals surface area (Å²) in [5.41, 5.74) is 0.583. The van der Waals surface area contributed by atoms with Crippen molar-refractivity contribution >= 4 is 7.14 Å². The first-order valence-electron chi connectivity index (χ1n) is 6.48. The van der Waals surface area contributed by atoms with Crippen LogP contribution >= 0.6 is 7.14 Å². The molecule has 100 valence electrons. The van der Waals surface area contributed by atoms with Gasteiger partial charge in [0.15, 0.2) is 0 Å². The van der Waals surface area contributed by atoms with Gasteiger partial charge in [0.2, 0.25) is 0 Å². The zero-order chi connectivity index (χ0) is 13.6. The summed E-state index contributed by atoms with van der Waals surface area (Å²) in [7, 11) is -1.87. The van der Waals surface area contributed by atoms with Gasteiger partial charge in [-0.25, -0.2) is 0 Å². The second kappa shape index (κ2) is 6.84. The first-order valence-corrected chi connectivity index (χ1v) is 9.08. The van der Waals surface area contributed by atoms with Crippen LogP contribution in [0.1, 0.15) is 67.7 Å². The monoisotopic (exact) mass is 248 g/mol. The lowest BCUT2D eigenvalue weighted by atomic mass is 9.88. The molecule has 0 saturated heterocycles. The van der Waals surface area contributed by atoms with Crippen molar-refractivity contribution in [1.82, 2.24) is 0 Å². The Bertz CT molecular complexity index is 217. The molecule has 1 nitrogen and oxygen atoms in total. The molecule has 2 heteroatoms. The molecular formula is C14H33OP. The van der Waals surface area contributed by atoms with Gasteiger partial charge in [0.05, 0.1) is 7.14 Å². The summed E-state index contributed by atoms with van der Waals surface area (Å²) >= 11 is 0. The highest BCUT2D eigenvalue weighted by atomic mass is 31.2. The summed E-state index contributed by atoms with van der Waals surface area (Å²) in [5.74, 6) is 0. The summed E-state index contributed by atoms with van der Waals surface area (Å²) in [4.78, 5) is 0. The van der Waals surface area contributed by atoms with Crippen LogP contribution in [0.25, 0.3) is 0 Å². The Morgan fingerprint density at radius 2 is 1.12 bits per heavy atom. The predicted molar refractivity (Wildman–Crippen MR) is 78.2 cm³/mol. The van der Waals surface area contributed by atoms with Gasteiger partial charge in [0, 0.05) is 5.16 Å². The van der Waals surface area contributed by atoms with Crippen molar-refractivity contribution in [2.24, 2.45) is 5.41 Å². The molecule has 0 fully saturated rings. The zero-order valence-corrected chi connectivity index (χ0v) is 13.9. The lowest BCUT2D eigenvalue weighted by Crippen LogP contribution is -2.17.